The van der Waals surface area contributed by atoms with Gasteiger partial charge in [0.2, 0.25) is 10.0 Å². The standard InChI is InChI=1S/C13H18Br2ClNO2S/c1-13(2,3)12(6-7-14)17-20(18,19)11-5-4-9(15)8-10(11)16/h4-5,8,12,17H,6-7H2,1-3H3. The maximum Gasteiger partial charge on any atom is 0.242 e. The van der Waals surface area contributed by atoms with Crippen molar-refractivity contribution in [3.63, 3.8) is 0 Å². The summed E-state index contributed by atoms with van der Waals surface area (Å²) in [5.41, 5.74) is -0.178. The molecular formula is C13H18Br2ClNO2S. The van der Waals surface area contributed by atoms with Crippen molar-refractivity contribution in [2.24, 2.45) is 5.41 Å². The van der Waals surface area contributed by atoms with E-state index in [2.05, 4.69) is 36.6 Å². The van der Waals surface area contributed by atoms with E-state index < -0.39 is 10.0 Å². The normalized spacial score (nSPS) is 14.3. The lowest BCUT2D eigenvalue weighted by molar-refractivity contribution is 0.293. The molecule has 0 aliphatic rings. The van der Waals surface area contributed by atoms with Crippen LogP contribution in [0.3, 0.4) is 0 Å². The molecule has 1 unspecified atom stereocenters. The maximum absolute atomic E-state index is 12.5. The first-order chi connectivity index (χ1) is 9.08. The first-order valence-electron chi connectivity index (χ1n) is 6.11. The predicted molar refractivity (Wildman–Crippen MR) is 91.1 cm³/mol. The van der Waals surface area contributed by atoms with Crippen molar-refractivity contribution in [2.45, 2.75) is 38.1 Å². The minimum atomic E-state index is -3.64. The molecule has 7 heteroatoms. The summed E-state index contributed by atoms with van der Waals surface area (Å²) in [6, 6.07) is 4.57. The lowest BCUT2D eigenvalue weighted by Gasteiger charge is -2.31. The van der Waals surface area contributed by atoms with E-state index in [-0.39, 0.29) is 21.4 Å². The van der Waals surface area contributed by atoms with Gasteiger partial charge in [0, 0.05) is 15.8 Å². The summed E-state index contributed by atoms with van der Waals surface area (Å²) in [5, 5.41) is 0.935. The monoisotopic (exact) mass is 445 g/mol. The quantitative estimate of drug-likeness (QED) is 0.672. The third kappa shape index (κ3) is 4.98. The van der Waals surface area contributed by atoms with E-state index in [1.165, 1.54) is 6.07 Å². The van der Waals surface area contributed by atoms with Crippen molar-refractivity contribution in [3.8, 4) is 0 Å². The van der Waals surface area contributed by atoms with Gasteiger partial charge in [0.1, 0.15) is 4.90 Å². The second-order valence-corrected chi connectivity index (χ2v) is 9.39. The molecule has 0 radical (unpaired) electrons. The van der Waals surface area contributed by atoms with Gasteiger partial charge >= 0.3 is 0 Å². The second-order valence-electron chi connectivity index (χ2n) is 5.59. The Labute approximate surface area is 142 Å². The molecule has 0 bridgehead atoms. The molecule has 0 heterocycles. The highest BCUT2D eigenvalue weighted by atomic mass is 79.9. The highest BCUT2D eigenvalue weighted by Crippen LogP contribution is 2.28. The second kappa shape index (κ2) is 7.09. The summed E-state index contributed by atoms with van der Waals surface area (Å²) >= 11 is 12.7. The molecule has 0 aromatic heterocycles. The molecule has 1 atom stereocenters. The molecule has 0 saturated carbocycles. The Morgan fingerprint density at radius 3 is 2.40 bits per heavy atom. The van der Waals surface area contributed by atoms with Gasteiger partial charge in [0.05, 0.1) is 5.02 Å². The maximum atomic E-state index is 12.5. The Kier molecular flexibility index (Phi) is 6.54. The zero-order chi connectivity index (χ0) is 15.6. The number of benzene rings is 1. The van der Waals surface area contributed by atoms with Crippen molar-refractivity contribution in [1.29, 1.82) is 0 Å². The van der Waals surface area contributed by atoms with Gasteiger partial charge < -0.3 is 0 Å². The fourth-order valence-electron chi connectivity index (χ4n) is 1.72. The number of hydrogen-bond donors (Lipinski definition) is 1. The SMILES string of the molecule is CC(C)(C)C(CCBr)NS(=O)(=O)c1ccc(Br)cc1Cl. The van der Waals surface area contributed by atoms with Crippen LogP contribution in [-0.4, -0.2) is 19.8 Å². The topological polar surface area (TPSA) is 46.2 Å². The zero-order valence-corrected chi connectivity index (χ0v) is 16.3. The van der Waals surface area contributed by atoms with E-state index in [0.717, 1.165) is 9.80 Å². The first-order valence-corrected chi connectivity index (χ1v) is 9.89. The molecule has 1 aromatic carbocycles. The van der Waals surface area contributed by atoms with Crippen LogP contribution in [0.1, 0.15) is 27.2 Å². The van der Waals surface area contributed by atoms with Crippen molar-refractivity contribution in [1.82, 2.24) is 4.72 Å². The molecule has 1 rings (SSSR count). The summed E-state index contributed by atoms with van der Waals surface area (Å²) < 4.78 is 28.4. The van der Waals surface area contributed by atoms with E-state index in [1.807, 2.05) is 20.8 Å². The van der Waals surface area contributed by atoms with Crippen LogP contribution >= 0.6 is 43.5 Å². The third-order valence-corrected chi connectivity index (χ3v) is 5.83. The number of halogens is 3. The molecule has 1 aromatic rings. The molecule has 1 N–H and O–H groups in total. The number of hydrogen-bond acceptors (Lipinski definition) is 2. The molecule has 0 aliphatic heterocycles. The van der Waals surface area contributed by atoms with Crippen LogP contribution < -0.4 is 4.72 Å². The summed E-state index contributed by atoms with van der Waals surface area (Å²) in [7, 11) is -3.64. The van der Waals surface area contributed by atoms with Gasteiger partial charge in [0.15, 0.2) is 0 Å². The summed E-state index contributed by atoms with van der Waals surface area (Å²) in [6.45, 7) is 6.02. The van der Waals surface area contributed by atoms with Gasteiger partial charge in [-0.3, -0.25) is 0 Å². The predicted octanol–water partition coefficient (Wildman–Crippen LogP) is 4.58. The minimum Gasteiger partial charge on any atom is -0.207 e. The Balaban J connectivity index is 3.10. The summed E-state index contributed by atoms with van der Waals surface area (Å²) in [4.78, 5) is 0.103. The summed E-state index contributed by atoms with van der Waals surface area (Å²) in [5.74, 6) is 0. The number of nitrogens with one attached hydrogen (secondary N) is 1. The van der Waals surface area contributed by atoms with E-state index in [9.17, 15) is 8.42 Å². The van der Waals surface area contributed by atoms with Crippen molar-refractivity contribution in [3.05, 3.63) is 27.7 Å². The van der Waals surface area contributed by atoms with Crippen molar-refractivity contribution < 1.29 is 8.42 Å². The zero-order valence-electron chi connectivity index (χ0n) is 11.6. The Bertz CT molecular complexity index is 570. The molecule has 0 amide bonds. The molecular weight excluding hydrogens is 429 g/mol. The van der Waals surface area contributed by atoms with Gasteiger partial charge in [-0.05, 0) is 30.0 Å². The lowest BCUT2D eigenvalue weighted by Crippen LogP contribution is -2.43. The van der Waals surface area contributed by atoms with Gasteiger partial charge in [-0.2, -0.15) is 0 Å². The molecule has 3 nitrogen and oxygen atoms in total. The molecule has 0 spiro atoms. The Morgan fingerprint density at radius 1 is 1.35 bits per heavy atom. The van der Waals surface area contributed by atoms with E-state index in [0.29, 0.717) is 6.42 Å². The van der Waals surface area contributed by atoms with E-state index in [4.69, 9.17) is 11.6 Å². The molecule has 0 saturated heterocycles. The van der Waals surface area contributed by atoms with Gasteiger partial charge in [-0.25, -0.2) is 13.1 Å². The molecule has 0 fully saturated rings. The van der Waals surface area contributed by atoms with E-state index in [1.54, 1.807) is 12.1 Å². The number of alkyl halides is 1. The molecule has 114 valence electrons. The Morgan fingerprint density at radius 2 is 1.95 bits per heavy atom. The highest BCUT2D eigenvalue weighted by Gasteiger charge is 2.30. The van der Waals surface area contributed by atoms with Crippen LogP contribution in [-0.2, 0) is 10.0 Å². The lowest BCUT2D eigenvalue weighted by atomic mass is 9.86. The summed E-state index contributed by atoms with van der Waals surface area (Å²) in [6.07, 6.45) is 0.705. The molecule has 0 aliphatic carbocycles. The van der Waals surface area contributed by atoms with Crippen LogP contribution in [0.2, 0.25) is 5.02 Å². The Hall–Kier alpha value is 0.380. The highest BCUT2D eigenvalue weighted by molar-refractivity contribution is 9.10. The van der Waals surface area contributed by atoms with Gasteiger partial charge in [0.25, 0.3) is 0 Å². The van der Waals surface area contributed by atoms with Crippen molar-refractivity contribution >= 4 is 53.5 Å². The van der Waals surface area contributed by atoms with Gasteiger partial charge in [-0.15, -0.1) is 0 Å². The number of rotatable bonds is 5. The average molecular weight is 448 g/mol. The minimum absolute atomic E-state index is 0.103. The average Bonchev–Trinajstić information content (AvgIpc) is 2.26. The third-order valence-electron chi connectivity index (χ3n) is 2.92. The molecule has 20 heavy (non-hydrogen) atoms. The number of sulfonamides is 1. The van der Waals surface area contributed by atoms with Crippen LogP contribution in [0.5, 0.6) is 0 Å². The van der Waals surface area contributed by atoms with Crippen molar-refractivity contribution in [2.75, 3.05) is 5.33 Å². The van der Waals surface area contributed by atoms with Crippen LogP contribution in [0.15, 0.2) is 27.6 Å². The largest absolute Gasteiger partial charge is 0.242 e. The van der Waals surface area contributed by atoms with Crippen LogP contribution in [0.4, 0.5) is 0 Å². The van der Waals surface area contributed by atoms with E-state index >= 15 is 0 Å². The van der Waals surface area contributed by atoms with Gasteiger partial charge in [-0.1, -0.05) is 64.2 Å². The fourth-order valence-corrected chi connectivity index (χ4v) is 4.69. The smallest absolute Gasteiger partial charge is 0.207 e. The fraction of sp³-hybridized carbons (Fsp3) is 0.538. The first kappa shape index (κ1) is 18.4. The van der Waals surface area contributed by atoms with Crippen LogP contribution in [0, 0.1) is 5.41 Å². The van der Waals surface area contributed by atoms with Crippen LogP contribution in [0.25, 0.3) is 0 Å².